The number of rotatable bonds is 4. The van der Waals surface area contributed by atoms with Crippen LogP contribution in [0.5, 0.6) is 5.75 Å². The third kappa shape index (κ3) is 2.82. The number of methoxy groups -OCH3 is 1. The van der Waals surface area contributed by atoms with Gasteiger partial charge in [-0.2, -0.15) is 0 Å². The third-order valence-electron chi connectivity index (χ3n) is 6.50. The molecule has 3 unspecified atom stereocenters. The van der Waals surface area contributed by atoms with Crippen LogP contribution in [-0.2, 0) is 10.3 Å². The third-order valence-corrected chi connectivity index (χ3v) is 6.75. The van der Waals surface area contributed by atoms with Crippen LogP contribution in [0, 0.1) is 5.92 Å². The number of halogens is 1. The van der Waals surface area contributed by atoms with E-state index in [1.807, 2.05) is 48.3 Å². The molecule has 1 N–H and O–H groups in total. The summed E-state index contributed by atoms with van der Waals surface area (Å²) >= 11 is 6.10. The van der Waals surface area contributed by atoms with E-state index in [0.29, 0.717) is 23.0 Å². The van der Waals surface area contributed by atoms with Crippen molar-refractivity contribution in [2.45, 2.75) is 11.5 Å². The molecule has 1 fully saturated rings. The Morgan fingerprint density at radius 1 is 1.23 bits per heavy atom. The Bertz CT molecular complexity index is 1160. The van der Waals surface area contributed by atoms with E-state index in [0.717, 1.165) is 11.1 Å². The van der Waals surface area contributed by atoms with Gasteiger partial charge in [-0.25, -0.2) is 0 Å². The fourth-order valence-corrected chi connectivity index (χ4v) is 5.25. The van der Waals surface area contributed by atoms with Gasteiger partial charge in [-0.1, -0.05) is 23.7 Å². The summed E-state index contributed by atoms with van der Waals surface area (Å²) in [5, 5.41) is 3.60. The van der Waals surface area contributed by atoms with Crippen LogP contribution in [0.4, 0.5) is 5.69 Å². The summed E-state index contributed by atoms with van der Waals surface area (Å²) in [4.78, 5) is 29.4. The number of Topliss-reactive ketones (excluding diaryl/α,β-unsaturated/α-hetero) is 1. The number of likely N-dealkylation sites (N-methyl/N-ethyl adjacent to an activating group) is 1. The average Bonchev–Trinajstić information content (AvgIpc) is 3.47. The molecule has 3 heterocycles. The summed E-state index contributed by atoms with van der Waals surface area (Å²) < 4.78 is 10.9. The van der Waals surface area contributed by atoms with Crippen LogP contribution >= 0.6 is 11.6 Å². The molecule has 3 aromatic rings. The molecule has 0 aliphatic carbocycles. The van der Waals surface area contributed by atoms with E-state index in [2.05, 4.69) is 5.32 Å². The van der Waals surface area contributed by atoms with Crippen LogP contribution in [0.2, 0.25) is 5.02 Å². The molecule has 1 amide bonds. The zero-order valence-electron chi connectivity index (χ0n) is 17.1. The molecule has 2 aliphatic rings. The number of ether oxygens (including phenoxy) is 1. The maximum absolute atomic E-state index is 13.8. The molecule has 0 radical (unpaired) electrons. The molecule has 3 atom stereocenters. The Hall–Kier alpha value is -3.09. The number of furan rings is 1. The highest BCUT2D eigenvalue weighted by Crippen LogP contribution is 2.56. The number of hydrogen-bond donors (Lipinski definition) is 1. The minimum atomic E-state index is -1.18. The van der Waals surface area contributed by atoms with E-state index in [4.69, 9.17) is 20.8 Å². The van der Waals surface area contributed by atoms with Crippen molar-refractivity contribution >= 4 is 29.0 Å². The first kappa shape index (κ1) is 19.8. The molecule has 6 nitrogen and oxygen atoms in total. The van der Waals surface area contributed by atoms with Crippen molar-refractivity contribution in [1.82, 2.24) is 4.90 Å². The lowest BCUT2D eigenvalue weighted by Crippen LogP contribution is -2.51. The first-order valence-electron chi connectivity index (χ1n) is 10.0. The SMILES string of the molecule is COc1ccc2c(c1)C1(C(=O)N2)C(C(=O)c2ccco2)C(c2ccc(Cl)cc2)CN1C. The lowest BCUT2D eigenvalue weighted by atomic mass is 9.71. The van der Waals surface area contributed by atoms with Crippen LogP contribution in [-0.4, -0.2) is 37.3 Å². The van der Waals surface area contributed by atoms with Gasteiger partial charge in [-0.3, -0.25) is 14.5 Å². The molecule has 0 bridgehead atoms. The van der Waals surface area contributed by atoms with E-state index < -0.39 is 11.5 Å². The first-order valence-corrected chi connectivity index (χ1v) is 10.4. The molecule has 7 heteroatoms. The van der Waals surface area contributed by atoms with Crippen molar-refractivity contribution in [3.05, 3.63) is 82.8 Å². The van der Waals surface area contributed by atoms with Crippen LogP contribution in [0.3, 0.4) is 0 Å². The highest BCUT2D eigenvalue weighted by Gasteiger charge is 2.64. The summed E-state index contributed by atoms with van der Waals surface area (Å²) in [6, 6.07) is 16.2. The number of fused-ring (bicyclic) bond motifs is 2. The molecule has 2 aromatic carbocycles. The molecule has 1 aromatic heterocycles. The number of ketones is 1. The molecule has 158 valence electrons. The number of hydrogen-bond acceptors (Lipinski definition) is 5. The van der Waals surface area contributed by atoms with Gasteiger partial charge >= 0.3 is 0 Å². The highest BCUT2D eigenvalue weighted by atomic mass is 35.5. The van der Waals surface area contributed by atoms with Crippen molar-refractivity contribution in [1.29, 1.82) is 0 Å². The van der Waals surface area contributed by atoms with Gasteiger partial charge in [-0.05, 0) is 55.1 Å². The zero-order chi connectivity index (χ0) is 21.8. The summed E-state index contributed by atoms with van der Waals surface area (Å²) in [6.45, 7) is 0.517. The molecule has 1 spiro atoms. The second-order valence-electron chi connectivity index (χ2n) is 7.99. The Morgan fingerprint density at radius 3 is 2.68 bits per heavy atom. The molecule has 2 aliphatic heterocycles. The van der Waals surface area contributed by atoms with Gasteiger partial charge in [0.2, 0.25) is 11.7 Å². The number of benzene rings is 2. The quantitative estimate of drug-likeness (QED) is 0.617. The topological polar surface area (TPSA) is 71.8 Å². The van der Waals surface area contributed by atoms with Gasteiger partial charge < -0.3 is 14.5 Å². The lowest BCUT2D eigenvalue weighted by Gasteiger charge is -2.35. The van der Waals surface area contributed by atoms with E-state index in [1.165, 1.54) is 6.26 Å². The van der Waals surface area contributed by atoms with E-state index in [9.17, 15) is 9.59 Å². The van der Waals surface area contributed by atoms with E-state index in [-0.39, 0.29) is 23.4 Å². The van der Waals surface area contributed by atoms with Gasteiger partial charge in [0.05, 0.1) is 19.3 Å². The Morgan fingerprint density at radius 2 is 2.00 bits per heavy atom. The summed E-state index contributed by atoms with van der Waals surface area (Å²) in [6.07, 6.45) is 1.47. The maximum Gasteiger partial charge on any atom is 0.250 e. The first-order chi connectivity index (χ1) is 15.0. The van der Waals surface area contributed by atoms with Crippen LogP contribution in [0.1, 0.15) is 27.6 Å². The molecule has 0 saturated carbocycles. The van der Waals surface area contributed by atoms with Crippen LogP contribution in [0.25, 0.3) is 0 Å². The average molecular weight is 437 g/mol. The normalized spacial score (nSPS) is 24.9. The highest BCUT2D eigenvalue weighted by molar-refractivity contribution is 6.30. The number of amides is 1. The van der Waals surface area contributed by atoms with Crippen LogP contribution in [0.15, 0.2) is 65.3 Å². The van der Waals surface area contributed by atoms with Gasteiger partial charge in [0.15, 0.2) is 5.76 Å². The second-order valence-corrected chi connectivity index (χ2v) is 8.43. The van der Waals surface area contributed by atoms with Gasteiger partial charge in [0.1, 0.15) is 11.3 Å². The minimum Gasteiger partial charge on any atom is -0.497 e. The lowest BCUT2D eigenvalue weighted by molar-refractivity contribution is -0.126. The Labute approximate surface area is 184 Å². The largest absolute Gasteiger partial charge is 0.497 e. The molecular formula is C24H21ClN2O4. The number of carbonyl (C=O) groups is 2. The zero-order valence-corrected chi connectivity index (χ0v) is 17.8. The standard InChI is InChI=1S/C24H21ClN2O4/c1-27-13-17(14-5-7-15(25)8-6-14)21(22(28)20-4-3-11-31-20)24(27)18-12-16(30-2)9-10-19(18)26-23(24)29/h3-12,17,21H,13H2,1-2H3,(H,26,29). The number of anilines is 1. The monoisotopic (exact) mass is 436 g/mol. The van der Waals surface area contributed by atoms with Gasteiger partial charge in [0, 0.05) is 28.7 Å². The minimum absolute atomic E-state index is 0.208. The summed E-state index contributed by atoms with van der Waals surface area (Å²) in [5.41, 5.74) is 1.19. The fourth-order valence-electron chi connectivity index (χ4n) is 5.13. The van der Waals surface area contributed by atoms with Crippen molar-refractivity contribution < 1.29 is 18.7 Å². The number of nitrogens with zero attached hydrogens (tertiary/aromatic N) is 1. The second kappa shape index (κ2) is 7.25. The number of carbonyl (C=O) groups excluding carboxylic acids is 2. The summed E-state index contributed by atoms with van der Waals surface area (Å²) in [5.74, 6) is -0.495. The Kier molecular flexibility index (Phi) is 4.64. The summed E-state index contributed by atoms with van der Waals surface area (Å²) in [7, 11) is 3.46. The van der Waals surface area contributed by atoms with Crippen molar-refractivity contribution in [3.63, 3.8) is 0 Å². The van der Waals surface area contributed by atoms with Crippen molar-refractivity contribution in [3.8, 4) is 5.75 Å². The number of nitrogens with one attached hydrogen (secondary N) is 1. The van der Waals surface area contributed by atoms with Gasteiger partial charge in [-0.15, -0.1) is 0 Å². The molecule has 31 heavy (non-hydrogen) atoms. The molecule has 5 rings (SSSR count). The van der Waals surface area contributed by atoms with Crippen molar-refractivity contribution in [2.75, 3.05) is 26.0 Å². The van der Waals surface area contributed by atoms with Crippen molar-refractivity contribution in [2.24, 2.45) is 5.92 Å². The molecule has 1 saturated heterocycles. The maximum atomic E-state index is 13.8. The van der Waals surface area contributed by atoms with E-state index in [1.54, 1.807) is 25.3 Å². The van der Waals surface area contributed by atoms with E-state index >= 15 is 0 Å². The predicted molar refractivity (Wildman–Crippen MR) is 117 cm³/mol. The Balaban J connectivity index is 1.73. The smallest absolute Gasteiger partial charge is 0.250 e. The number of likely N-dealkylation sites (tertiary alicyclic amines) is 1. The fraction of sp³-hybridized carbons (Fsp3) is 0.250. The molecular weight excluding hydrogens is 416 g/mol. The van der Waals surface area contributed by atoms with Gasteiger partial charge in [0.25, 0.3) is 0 Å². The van der Waals surface area contributed by atoms with Crippen LogP contribution < -0.4 is 10.1 Å². The predicted octanol–water partition coefficient (Wildman–Crippen LogP) is 4.32.